The van der Waals surface area contributed by atoms with Crippen LogP contribution in [0.3, 0.4) is 0 Å². The van der Waals surface area contributed by atoms with Crippen LogP contribution in [0.25, 0.3) is 0 Å². The number of ether oxygens (including phenoxy) is 3. The van der Waals surface area contributed by atoms with Crippen molar-refractivity contribution < 1.29 is 45.9 Å². The Kier molecular flexibility index (Phi) is 10.1. The molecule has 0 spiro atoms. The Morgan fingerprint density at radius 1 is 0.944 bits per heavy atom. The molecule has 0 radical (unpaired) electrons. The van der Waals surface area contributed by atoms with E-state index in [9.17, 15) is 27.2 Å². The van der Waals surface area contributed by atoms with Crippen molar-refractivity contribution >= 4 is 24.0 Å². The van der Waals surface area contributed by atoms with Crippen LogP contribution < -0.4 is 19.9 Å². The second-order valence-electron chi connectivity index (χ2n) is 14.8. The highest BCUT2D eigenvalue weighted by Crippen LogP contribution is 2.49. The Morgan fingerprint density at radius 2 is 1.63 bits per heavy atom. The average molecular weight is 754 g/mol. The molecule has 54 heavy (non-hydrogen) atoms. The number of piperidine rings is 1. The average Bonchev–Trinajstić information content (AvgIpc) is 3.52. The molecule has 1 aliphatic carbocycles. The number of carbonyl (C=O) groups excluding carboxylic acids is 2. The third-order valence-electron chi connectivity index (χ3n) is 9.62. The maximum absolute atomic E-state index is 14.9. The first-order valence-corrected chi connectivity index (χ1v) is 17.7. The van der Waals surface area contributed by atoms with Gasteiger partial charge in [-0.05, 0) is 88.3 Å². The number of rotatable bonds is 10. The first kappa shape index (κ1) is 36.9. The van der Waals surface area contributed by atoms with E-state index in [1.54, 1.807) is 25.7 Å². The van der Waals surface area contributed by atoms with E-state index < -0.39 is 58.5 Å². The summed E-state index contributed by atoms with van der Waals surface area (Å²) in [6.07, 6.45) is 5.00. The van der Waals surface area contributed by atoms with Gasteiger partial charge in [-0.3, -0.25) is 0 Å². The van der Waals surface area contributed by atoms with Gasteiger partial charge in [0.25, 0.3) is 0 Å². The van der Waals surface area contributed by atoms with E-state index in [-0.39, 0.29) is 36.1 Å². The molecule has 286 valence electrons. The van der Waals surface area contributed by atoms with E-state index in [0.717, 1.165) is 18.9 Å². The molecule has 1 saturated carbocycles. The minimum atomic E-state index is -1.30. The fourth-order valence-electron chi connectivity index (χ4n) is 6.60. The molecule has 4 aromatic rings. The predicted octanol–water partition coefficient (Wildman–Crippen LogP) is 6.05. The molecule has 1 amide bonds. The van der Waals surface area contributed by atoms with Crippen molar-refractivity contribution in [2.75, 3.05) is 42.6 Å². The Hall–Kier alpha value is -5.48. The summed E-state index contributed by atoms with van der Waals surface area (Å²) in [6.45, 7) is 7.09. The molecular weight excluding hydrogens is 714 g/mol. The van der Waals surface area contributed by atoms with E-state index in [4.69, 9.17) is 18.7 Å². The van der Waals surface area contributed by atoms with Gasteiger partial charge in [-0.25, -0.2) is 37.1 Å². The summed E-state index contributed by atoms with van der Waals surface area (Å²) < 4.78 is 78.7. The summed E-state index contributed by atoms with van der Waals surface area (Å²) in [7, 11) is 0. The van der Waals surface area contributed by atoms with Gasteiger partial charge in [0.15, 0.2) is 23.0 Å². The number of amides is 1. The summed E-state index contributed by atoms with van der Waals surface area (Å²) >= 11 is 0. The number of aromatic nitrogens is 4. The zero-order valence-corrected chi connectivity index (χ0v) is 29.9. The largest absolute Gasteiger partial charge is 0.490 e. The lowest BCUT2D eigenvalue weighted by atomic mass is 9.93. The van der Waals surface area contributed by atoms with Crippen LogP contribution in [0.1, 0.15) is 74.1 Å². The quantitative estimate of drug-likeness (QED) is 0.114. The van der Waals surface area contributed by atoms with Crippen LogP contribution in [-0.2, 0) is 15.1 Å². The minimum absolute atomic E-state index is 0.0844. The topological polar surface area (TPSA) is 145 Å². The molecule has 1 unspecified atom stereocenters. The smallest absolute Gasteiger partial charge is 0.407 e. The Morgan fingerprint density at radius 3 is 2.30 bits per heavy atom. The molecule has 17 heteroatoms. The van der Waals surface area contributed by atoms with Crippen LogP contribution in [-0.4, -0.2) is 76.6 Å². The molecule has 2 aliphatic heterocycles. The third-order valence-corrected chi connectivity index (χ3v) is 9.62. The fraction of sp³-hybridized carbons (Fsp3) is 0.459. The molecule has 13 nitrogen and oxygen atoms in total. The molecular formula is C37H39F4N7O6. The number of benzene rings is 2. The van der Waals surface area contributed by atoms with Gasteiger partial charge < -0.3 is 33.9 Å². The number of esters is 1. The van der Waals surface area contributed by atoms with Crippen LogP contribution in [0.5, 0.6) is 5.75 Å². The van der Waals surface area contributed by atoms with E-state index in [1.807, 2.05) is 4.90 Å². The van der Waals surface area contributed by atoms with Crippen molar-refractivity contribution in [3.05, 3.63) is 89.0 Å². The van der Waals surface area contributed by atoms with Gasteiger partial charge >= 0.3 is 18.1 Å². The number of nitrogens with one attached hydrogen (secondary N) is 1. The highest BCUT2D eigenvalue weighted by molar-refractivity contribution is 5.89. The number of nitrogens with zero attached hydrogens (tertiary/aromatic N) is 6. The summed E-state index contributed by atoms with van der Waals surface area (Å²) in [6, 6.07) is 6.06. The summed E-state index contributed by atoms with van der Waals surface area (Å²) in [5.74, 6) is -3.95. The van der Waals surface area contributed by atoms with Crippen LogP contribution in [0.15, 0.2) is 53.3 Å². The summed E-state index contributed by atoms with van der Waals surface area (Å²) in [4.78, 5) is 42.4. The van der Waals surface area contributed by atoms with E-state index in [1.165, 1.54) is 36.7 Å². The lowest BCUT2D eigenvalue weighted by molar-refractivity contribution is 0.0183. The van der Waals surface area contributed by atoms with Crippen molar-refractivity contribution in [1.82, 2.24) is 25.4 Å². The standard InChI is InChI=1S/C37H39F4N7O6/c1-36(2,3)53-35(50)44-30-19-48(18-26(30)25-14-28(40)29(41)15-27(25)39)33-42-16-24(17-43-33)51-20-21-8-12-47(13-9-21)34-45-32(46-54-34)37(10-11-37)52-31(49)22-4-6-23(38)7-5-22/h4-7,14-17,21,26,30H,8-13,18-20H2,1-3H3,(H,44,50)/t26-,30?/m1/s1. The molecule has 2 saturated heterocycles. The number of hydrogen-bond acceptors (Lipinski definition) is 12. The number of hydrogen-bond donors (Lipinski definition) is 1. The normalized spacial score (nSPS) is 19.8. The van der Waals surface area contributed by atoms with E-state index in [0.29, 0.717) is 56.2 Å². The molecule has 0 bridgehead atoms. The number of carbonyl (C=O) groups is 2. The maximum atomic E-state index is 14.9. The fourth-order valence-corrected chi connectivity index (χ4v) is 6.60. The van der Waals surface area contributed by atoms with Crippen molar-refractivity contribution in [1.29, 1.82) is 0 Å². The predicted molar refractivity (Wildman–Crippen MR) is 184 cm³/mol. The Balaban J connectivity index is 0.914. The molecule has 4 heterocycles. The number of halogens is 4. The molecule has 3 aliphatic rings. The van der Waals surface area contributed by atoms with Crippen LogP contribution in [0.4, 0.5) is 34.3 Å². The van der Waals surface area contributed by atoms with Crippen molar-refractivity contribution in [3.63, 3.8) is 0 Å². The van der Waals surface area contributed by atoms with Gasteiger partial charge in [0.05, 0.1) is 30.6 Å². The molecule has 7 rings (SSSR count). The number of alkyl carbamates (subject to hydrolysis) is 1. The SMILES string of the molecule is CC(C)(C)OC(=O)NC1CN(c2ncc(OCC3CCN(c4nc(C5(OC(=O)c6ccc(F)cc6)CC5)no4)CC3)cn2)C[C@@H]1c1cc(F)c(F)cc1F. The lowest BCUT2D eigenvalue weighted by Crippen LogP contribution is -2.43. The Bertz CT molecular complexity index is 1980. The summed E-state index contributed by atoms with van der Waals surface area (Å²) in [5.41, 5.74) is -1.58. The van der Waals surface area contributed by atoms with Gasteiger partial charge in [0.1, 0.15) is 17.2 Å². The molecule has 3 fully saturated rings. The van der Waals surface area contributed by atoms with Crippen molar-refractivity contribution in [3.8, 4) is 5.75 Å². The monoisotopic (exact) mass is 753 g/mol. The van der Waals surface area contributed by atoms with Gasteiger partial charge in [-0.1, -0.05) is 5.16 Å². The molecule has 2 atom stereocenters. The number of anilines is 2. The molecule has 2 aromatic carbocycles. The van der Waals surface area contributed by atoms with Crippen LogP contribution >= 0.6 is 0 Å². The van der Waals surface area contributed by atoms with Gasteiger partial charge in [-0.15, -0.1) is 0 Å². The first-order chi connectivity index (χ1) is 25.7. The maximum Gasteiger partial charge on any atom is 0.407 e. The molecule has 1 N–H and O–H groups in total. The van der Waals surface area contributed by atoms with Crippen LogP contribution in [0.2, 0.25) is 0 Å². The first-order valence-electron chi connectivity index (χ1n) is 17.7. The lowest BCUT2D eigenvalue weighted by Gasteiger charge is -2.30. The van der Waals surface area contributed by atoms with Gasteiger partial charge in [-0.2, -0.15) is 4.98 Å². The highest BCUT2D eigenvalue weighted by Gasteiger charge is 2.53. The highest BCUT2D eigenvalue weighted by atomic mass is 19.2. The zero-order valence-electron chi connectivity index (χ0n) is 29.9. The second kappa shape index (κ2) is 14.7. The van der Waals surface area contributed by atoms with Gasteiger partial charge in [0.2, 0.25) is 11.8 Å². The minimum Gasteiger partial charge on any atom is -0.490 e. The van der Waals surface area contributed by atoms with Crippen molar-refractivity contribution in [2.24, 2.45) is 5.92 Å². The zero-order chi connectivity index (χ0) is 38.2. The Labute approximate surface area is 308 Å². The summed E-state index contributed by atoms with van der Waals surface area (Å²) in [5, 5.41) is 6.84. The molecule has 2 aromatic heterocycles. The third kappa shape index (κ3) is 8.34. The van der Waals surface area contributed by atoms with E-state index in [2.05, 4.69) is 25.4 Å². The van der Waals surface area contributed by atoms with Gasteiger partial charge in [0, 0.05) is 38.2 Å². The van der Waals surface area contributed by atoms with Crippen LogP contribution in [0, 0.1) is 29.2 Å². The van der Waals surface area contributed by atoms with E-state index >= 15 is 0 Å². The second-order valence-corrected chi connectivity index (χ2v) is 14.8. The van der Waals surface area contributed by atoms with Crippen molar-refractivity contribution in [2.45, 2.75) is 69.6 Å².